The van der Waals surface area contributed by atoms with Gasteiger partial charge >= 0.3 is 0 Å². The second-order valence-electron chi connectivity index (χ2n) is 4.29. The topological polar surface area (TPSA) is 46.5 Å². The molecule has 0 bridgehead atoms. The number of carbonyl (C=O) groups is 1. The summed E-state index contributed by atoms with van der Waals surface area (Å²) in [4.78, 5) is 12.2. The van der Waals surface area contributed by atoms with Gasteiger partial charge in [0.05, 0.1) is 6.61 Å². The Kier molecular flexibility index (Phi) is 5.16. The van der Waals surface area contributed by atoms with E-state index in [9.17, 15) is 4.79 Å². The maximum absolute atomic E-state index is 12.2. The molecule has 0 aliphatic carbocycles. The van der Waals surface area contributed by atoms with E-state index in [0.717, 1.165) is 0 Å². The van der Waals surface area contributed by atoms with Crippen LogP contribution in [0.1, 0.15) is 22.3 Å². The average molecular weight is 291 g/mol. The highest BCUT2D eigenvalue weighted by Gasteiger charge is 2.08. The zero-order valence-corrected chi connectivity index (χ0v) is 11.6. The van der Waals surface area contributed by atoms with Crippen LogP contribution in [0, 0.1) is 0 Å². The fourth-order valence-corrected chi connectivity index (χ4v) is 1.85. The summed E-state index contributed by atoms with van der Waals surface area (Å²) >= 11 is 5.80. The van der Waals surface area contributed by atoms with Crippen molar-refractivity contribution in [2.45, 2.75) is 6.42 Å². The smallest absolute Gasteiger partial charge is 0.193 e. The first-order valence-corrected chi connectivity index (χ1v) is 6.72. The van der Waals surface area contributed by atoms with Crippen molar-refractivity contribution in [1.82, 2.24) is 0 Å². The Bertz CT molecular complexity index is 561. The summed E-state index contributed by atoms with van der Waals surface area (Å²) in [5.41, 5.74) is 1.20. The van der Waals surface area contributed by atoms with Gasteiger partial charge in [-0.25, -0.2) is 0 Å². The lowest BCUT2D eigenvalue weighted by Crippen LogP contribution is -2.02. The number of hydrogen-bond donors (Lipinski definition) is 1. The maximum atomic E-state index is 12.2. The summed E-state index contributed by atoms with van der Waals surface area (Å²) in [6.45, 7) is 0.564. The second kappa shape index (κ2) is 7.08. The number of ether oxygens (including phenoxy) is 1. The molecular weight excluding hydrogens is 276 g/mol. The third kappa shape index (κ3) is 3.83. The molecule has 0 amide bonds. The van der Waals surface area contributed by atoms with Crippen molar-refractivity contribution in [2.24, 2.45) is 0 Å². The normalized spacial score (nSPS) is 10.3. The molecule has 2 aromatic carbocycles. The van der Waals surface area contributed by atoms with Gasteiger partial charge in [0.1, 0.15) is 5.75 Å². The quantitative estimate of drug-likeness (QED) is 0.656. The Labute approximate surface area is 122 Å². The van der Waals surface area contributed by atoms with Gasteiger partial charge in [-0.3, -0.25) is 4.79 Å². The Morgan fingerprint density at radius 1 is 1.00 bits per heavy atom. The molecule has 0 radical (unpaired) electrons. The van der Waals surface area contributed by atoms with E-state index in [1.54, 1.807) is 48.5 Å². The van der Waals surface area contributed by atoms with Crippen molar-refractivity contribution in [3.63, 3.8) is 0 Å². The lowest BCUT2D eigenvalue weighted by atomic mass is 10.0. The third-order valence-corrected chi connectivity index (χ3v) is 3.05. The van der Waals surface area contributed by atoms with Crippen molar-refractivity contribution < 1.29 is 14.6 Å². The van der Waals surface area contributed by atoms with E-state index in [1.165, 1.54) is 0 Å². The highest BCUT2D eigenvalue weighted by atomic mass is 35.5. The van der Waals surface area contributed by atoms with Crippen molar-refractivity contribution >= 4 is 17.4 Å². The molecule has 0 atom stereocenters. The Hall–Kier alpha value is -1.84. The molecule has 0 aromatic heterocycles. The largest absolute Gasteiger partial charge is 0.494 e. The minimum Gasteiger partial charge on any atom is -0.494 e. The molecule has 0 heterocycles. The molecule has 0 aliphatic heterocycles. The molecular formula is C16H15ClO3. The van der Waals surface area contributed by atoms with Crippen LogP contribution in [0.2, 0.25) is 5.02 Å². The van der Waals surface area contributed by atoms with E-state index in [4.69, 9.17) is 21.4 Å². The molecule has 104 valence electrons. The summed E-state index contributed by atoms with van der Waals surface area (Å²) in [5, 5.41) is 9.28. The number of rotatable bonds is 6. The van der Waals surface area contributed by atoms with Crippen molar-refractivity contribution in [1.29, 1.82) is 0 Å². The first kappa shape index (κ1) is 14.6. The van der Waals surface area contributed by atoms with E-state index in [0.29, 0.717) is 34.9 Å². The van der Waals surface area contributed by atoms with Gasteiger partial charge < -0.3 is 9.84 Å². The minimum atomic E-state index is -0.0522. The van der Waals surface area contributed by atoms with Crippen LogP contribution in [0.5, 0.6) is 5.75 Å². The van der Waals surface area contributed by atoms with E-state index in [1.807, 2.05) is 0 Å². The van der Waals surface area contributed by atoms with Gasteiger partial charge in [-0.15, -0.1) is 0 Å². The number of benzene rings is 2. The van der Waals surface area contributed by atoms with E-state index in [-0.39, 0.29) is 12.4 Å². The molecule has 0 spiro atoms. The number of ketones is 1. The van der Waals surface area contributed by atoms with Crippen molar-refractivity contribution in [3.05, 3.63) is 64.7 Å². The van der Waals surface area contributed by atoms with Gasteiger partial charge in [0.15, 0.2) is 5.78 Å². The summed E-state index contributed by atoms with van der Waals surface area (Å²) in [5.74, 6) is 0.634. The Balaban J connectivity index is 2.05. The van der Waals surface area contributed by atoms with Gasteiger partial charge in [-0.1, -0.05) is 11.6 Å². The molecule has 0 fully saturated rings. The zero-order valence-electron chi connectivity index (χ0n) is 10.9. The minimum absolute atomic E-state index is 0.0522. The molecule has 0 saturated heterocycles. The van der Waals surface area contributed by atoms with Gasteiger partial charge in [0, 0.05) is 29.2 Å². The fourth-order valence-electron chi connectivity index (χ4n) is 1.73. The van der Waals surface area contributed by atoms with Crippen LogP contribution >= 0.6 is 11.6 Å². The number of halogens is 1. The van der Waals surface area contributed by atoms with Gasteiger partial charge in [-0.05, 0) is 48.5 Å². The molecule has 1 N–H and O–H groups in total. The van der Waals surface area contributed by atoms with Gasteiger partial charge in [-0.2, -0.15) is 0 Å². The van der Waals surface area contributed by atoms with E-state index < -0.39 is 0 Å². The molecule has 0 unspecified atom stereocenters. The summed E-state index contributed by atoms with van der Waals surface area (Å²) in [7, 11) is 0. The monoisotopic (exact) mass is 290 g/mol. The summed E-state index contributed by atoms with van der Waals surface area (Å²) < 4.78 is 5.41. The summed E-state index contributed by atoms with van der Waals surface area (Å²) in [6, 6.07) is 13.8. The maximum Gasteiger partial charge on any atom is 0.193 e. The fraction of sp³-hybridized carbons (Fsp3) is 0.188. The van der Waals surface area contributed by atoms with E-state index >= 15 is 0 Å². The van der Waals surface area contributed by atoms with Crippen LogP contribution in [0.4, 0.5) is 0 Å². The lowest BCUT2D eigenvalue weighted by molar-refractivity contribution is 0.103. The van der Waals surface area contributed by atoms with Crippen LogP contribution in [-0.2, 0) is 0 Å². The first-order chi connectivity index (χ1) is 9.70. The van der Waals surface area contributed by atoms with Gasteiger partial charge in [0.25, 0.3) is 0 Å². The van der Waals surface area contributed by atoms with Crippen LogP contribution < -0.4 is 4.74 Å². The third-order valence-electron chi connectivity index (χ3n) is 2.79. The van der Waals surface area contributed by atoms with Crippen LogP contribution in [0.25, 0.3) is 0 Å². The standard InChI is InChI=1S/C16H15ClO3/c17-14-6-2-12(3-7-14)16(19)13-4-8-15(9-5-13)20-11-1-10-18/h2-9,18H,1,10-11H2. The average Bonchev–Trinajstić information content (AvgIpc) is 2.48. The molecule has 0 saturated carbocycles. The van der Waals surface area contributed by atoms with Crippen LogP contribution in [0.15, 0.2) is 48.5 Å². The SMILES string of the molecule is O=C(c1ccc(Cl)cc1)c1ccc(OCCCO)cc1. The second-order valence-corrected chi connectivity index (χ2v) is 4.72. The number of aliphatic hydroxyl groups is 1. The van der Waals surface area contributed by atoms with Gasteiger partial charge in [0.2, 0.25) is 0 Å². The predicted molar refractivity (Wildman–Crippen MR) is 78.5 cm³/mol. The van der Waals surface area contributed by atoms with Crippen LogP contribution in [-0.4, -0.2) is 24.1 Å². The zero-order chi connectivity index (χ0) is 14.4. The van der Waals surface area contributed by atoms with Crippen LogP contribution in [0.3, 0.4) is 0 Å². The number of carbonyl (C=O) groups excluding carboxylic acids is 1. The highest BCUT2D eigenvalue weighted by molar-refractivity contribution is 6.30. The molecule has 2 aromatic rings. The molecule has 2 rings (SSSR count). The lowest BCUT2D eigenvalue weighted by Gasteiger charge is -2.06. The number of aliphatic hydroxyl groups excluding tert-OH is 1. The van der Waals surface area contributed by atoms with Crippen molar-refractivity contribution in [3.8, 4) is 5.75 Å². The van der Waals surface area contributed by atoms with Crippen molar-refractivity contribution in [2.75, 3.05) is 13.2 Å². The predicted octanol–water partition coefficient (Wildman–Crippen LogP) is 3.33. The Morgan fingerprint density at radius 2 is 1.55 bits per heavy atom. The first-order valence-electron chi connectivity index (χ1n) is 6.34. The highest BCUT2D eigenvalue weighted by Crippen LogP contribution is 2.17. The molecule has 20 heavy (non-hydrogen) atoms. The number of hydrogen-bond acceptors (Lipinski definition) is 3. The molecule has 3 nitrogen and oxygen atoms in total. The molecule has 4 heteroatoms. The Morgan fingerprint density at radius 3 is 2.10 bits per heavy atom. The summed E-state index contributed by atoms with van der Waals surface area (Å²) in [6.07, 6.45) is 0.589. The van der Waals surface area contributed by atoms with E-state index in [2.05, 4.69) is 0 Å². The molecule has 0 aliphatic rings.